The minimum Gasteiger partial charge on any atom is -0.383 e. The van der Waals surface area contributed by atoms with Gasteiger partial charge in [-0.1, -0.05) is 6.07 Å². The van der Waals surface area contributed by atoms with Crippen LogP contribution in [0.15, 0.2) is 30.6 Å². The molecule has 1 heterocycles. The van der Waals surface area contributed by atoms with Crippen LogP contribution in [0.3, 0.4) is 0 Å². The molecule has 3 nitrogen and oxygen atoms in total. The second-order valence-electron chi connectivity index (χ2n) is 4.06. The fraction of sp³-hybridized carbons (Fsp3) is 0.231. The molecule has 0 aliphatic carbocycles. The van der Waals surface area contributed by atoms with Crippen molar-refractivity contribution in [2.75, 3.05) is 0 Å². The Morgan fingerprint density at radius 2 is 2.00 bits per heavy atom. The van der Waals surface area contributed by atoms with Gasteiger partial charge in [0.2, 0.25) is 0 Å². The average molecular weight is 232 g/mol. The maximum Gasteiger partial charge on any atom is 0.129 e. The minimum atomic E-state index is -1.01. The summed E-state index contributed by atoms with van der Waals surface area (Å²) in [7, 11) is 0. The summed E-state index contributed by atoms with van der Waals surface area (Å²) >= 11 is 0. The highest BCUT2D eigenvalue weighted by molar-refractivity contribution is 5.37. The molecule has 1 atom stereocenters. The van der Waals surface area contributed by atoms with Crippen LogP contribution in [0.2, 0.25) is 0 Å². The zero-order valence-corrected chi connectivity index (χ0v) is 9.68. The molecule has 1 aromatic heterocycles. The summed E-state index contributed by atoms with van der Waals surface area (Å²) in [6.45, 7) is 3.60. The largest absolute Gasteiger partial charge is 0.383 e. The lowest BCUT2D eigenvalue weighted by Gasteiger charge is -2.15. The molecule has 0 fully saturated rings. The lowest BCUT2D eigenvalue weighted by Crippen LogP contribution is -2.06. The van der Waals surface area contributed by atoms with Crippen molar-refractivity contribution in [2.24, 2.45) is 0 Å². The molecule has 0 radical (unpaired) electrons. The van der Waals surface area contributed by atoms with Crippen LogP contribution >= 0.6 is 0 Å². The monoisotopic (exact) mass is 232 g/mol. The van der Waals surface area contributed by atoms with Crippen LogP contribution < -0.4 is 0 Å². The fourth-order valence-electron chi connectivity index (χ4n) is 1.90. The standard InChI is InChI=1S/C13H13FN2O/c1-8-5-9(2)12(11(14)6-8)13(17)10-3-4-15-16-7-10/h3-7,13,17H,1-2H3. The quantitative estimate of drug-likeness (QED) is 0.864. The highest BCUT2D eigenvalue weighted by atomic mass is 19.1. The predicted molar refractivity (Wildman–Crippen MR) is 62.0 cm³/mol. The summed E-state index contributed by atoms with van der Waals surface area (Å²) < 4.78 is 13.9. The normalized spacial score (nSPS) is 12.5. The molecule has 0 aliphatic heterocycles. The summed E-state index contributed by atoms with van der Waals surface area (Å²) in [5.41, 5.74) is 2.39. The van der Waals surface area contributed by atoms with Crippen molar-refractivity contribution >= 4 is 0 Å². The van der Waals surface area contributed by atoms with Gasteiger partial charge in [-0.25, -0.2) is 4.39 Å². The Balaban J connectivity index is 2.48. The second-order valence-corrected chi connectivity index (χ2v) is 4.06. The van der Waals surface area contributed by atoms with E-state index in [1.165, 1.54) is 18.5 Å². The molecular weight excluding hydrogens is 219 g/mol. The minimum absolute atomic E-state index is 0.295. The maximum absolute atomic E-state index is 13.9. The Morgan fingerprint density at radius 3 is 2.59 bits per heavy atom. The number of aliphatic hydroxyl groups excluding tert-OH is 1. The molecular formula is C13H13FN2O. The van der Waals surface area contributed by atoms with Crippen molar-refractivity contribution in [2.45, 2.75) is 20.0 Å². The van der Waals surface area contributed by atoms with Gasteiger partial charge in [-0.15, -0.1) is 0 Å². The molecule has 0 aliphatic rings. The lowest BCUT2D eigenvalue weighted by atomic mass is 9.96. The Hall–Kier alpha value is -1.81. The third-order valence-corrected chi connectivity index (χ3v) is 2.68. The smallest absolute Gasteiger partial charge is 0.129 e. The maximum atomic E-state index is 13.9. The summed E-state index contributed by atoms with van der Waals surface area (Å²) in [5, 5.41) is 17.4. The number of hydrogen-bond donors (Lipinski definition) is 1. The van der Waals surface area contributed by atoms with Gasteiger partial charge < -0.3 is 5.11 Å². The summed E-state index contributed by atoms with van der Waals surface area (Å²) in [5.74, 6) is -0.396. The van der Waals surface area contributed by atoms with Crippen LogP contribution in [-0.2, 0) is 0 Å². The van der Waals surface area contributed by atoms with E-state index in [1.54, 1.807) is 13.0 Å². The van der Waals surface area contributed by atoms with E-state index in [0.717, 1.165) is 11.1 Å². The van der Waals surface area contributed by atoms with Gasteiger partial charge in [-0.2, -0.15) is 10.2 Å². The van der Waals surface area contributed by atoms with E-state index in [9.17, 15) is 9.50 Å². The third kappa shape index (κ3) is 2.31. The van der Waals surface area contributed by atoms with Crippen LogP contribution in [0.25, 0.3) is 0 Å². The molecule has 2 aromatic rings. The average Bonchev–Trinajstić information content (AvgIpc) is 2.28. The van der Waals surface area contributed by atoms with Gasteiger partial charge in [-0.05, 0) is 37.1 Å². The van der Waals surface area contributed by atoms with Crippen LogP contribution in [-0.4, -0.2) is 15.3 Å². The number of rotatable bonds is 2. The van der Waals surface area contributed by atoms with Gasteiger partial charge in [0, 0.05) is 17.3 Å². The van der Waals surface area contributed by atoms with Crippen molar-refractivity contribution in [3.8, 4) is 0 Å². The zero-order valence-electron chi connectivity index (χ0n) is 9.68. The zero-order chi connectivity index (χ0) is 12.4. The van der Waals surface area contributed by atoms with Crippen LogP contribution in [0.1, 0.15) is 28.4 Å². The van der Waals surface area contributed by atoms with Crippen molar-refractivity contribution in [3.63, 3.8) is 0 Å². The van der Waals surface area contributed by atoms with E-state index in [-0.39, 0.29) is 0 Å². The molecule has 1 unspecified atom stereocenters. The molecule has 1 N–H and O–H groups in total. The molecule has 0 bridgehead atoms. The molecule has 0 saturated carbocycles. The van der Waals surface area contributed by atoms with E-state index < -0.39 is 11.9 Å². The predicted octanol–water partition coefficient (Wildman–Crippen LogP) is 2.31. The molecule has 0 saturated heterocycles. The molecule has 0 amide bonds. The molecule has 17 heavy (non-hydrogen) atoms. The van der Waals surface area contributed by atoms with Gasteiger partial charge in [0.05, 0.1) is 6.20 Å². The van der Waals surface area contributed by atoms with Gasteiger partial charge in [0.1, 0.15) is 11.9 Å². The first kappa shape index (κ1) is 11.7. The Kier molecular flexibility index (Phi) is 3.15. The summed E-state index contributed by atoms with van der Waals surface area (Å²) in [4.78, 5) is 0. The molecule has 2 rings (SSSR count). The van der Waals surface area contributed by atoms with E-state index in [1.807, 2.05) is 13.0 Å². The molecule has 88 valence electrons. The van der Waals surface area contributed by atoms with E-state index in [0.29, 0.717) is 11.1 Å². The van der Waals surface area contributed by atoms with Crippen LogP contribution in [0.5, 0.6) is 0 Å². The first-order valence-corrected chi connectivity index (χ1v) is 5.31. The number of aromatic nitrogens is 2. The van der Waals surface area contributed by atoms with Crippen molar-refractivity contribution in [3.05, 3.63) is 58.7 Å². The fourth-order valence-corrected chi connectivity index (χ4v) is 1.90. The Bertz CT molecular complexity index is 505. The summed E-state index contributed by atoms with van der Waals surface area (Å²) in [6, 6.07) is 4.88. The number of aliphatic hydroxyl groups is 1. The highest BCUT2D eigenvalue weighted by Gasteiger charge is 2.18. The Labute approximate surface area is 99.0 Å². The van der Waals surface area contributed by atoms with E-state index in [4.69, 9.17) is 0 Å². The van der Waals surface area contributed by atoms with Crippen molar-refractivity contribution < 1.29 is 9.50 Å². The molecule has 4 heteroatoms. The van der Waals surface area contributed by atoms with Gasteiger partial charge in [-0.3, -0.25) is 0 Å². The Morgan fingerprint density at radius 1 is 1.24 bits per heavy atom. The molecule has 0 spiro atoms. The van der Waals surface area contributed by atoms with E-state index >= 15 is 0 Å². The van der Waals surface area contributed by atoms with E-state index in [2.05, 4.69) is 10.2 Å². The van der Waals surface area contributed by atoms with Crippen molar-refractivity contribution in [1.82, 2.24) is 10.2 Å². The number of halogens is 1. The summed E-state index contributed by atoms with van der Waals surface area (Å²) in [6.07, 6.45) is 1.90. The number of nitrogens with zero attached hydrogens (tertiary/aromatic N) is 2. The SMILES string of the molecule is Cc1cc(C)c(C(O)c2ccnnc2)c(F)c1. The first-order chi connectivity index (χ1) is 8.09. The van der Waals surface area contributed by atoms with Gasteiger partial charge in [0.25, 0.3) is 0 Å². The van der Waals surface area contributed by atoms with Crippen molar-refractivity contribution in [1.29, 1.82) is 0 Å². The lowest BCUT2D eigenvalue weighted by molar-refractivity contribution is 0.213. The highest BCUT2D eigenvalue weighted by Crippen LogP contribution is 2.27. The van der Waals surface area contributed by atoms with Crippen LogP contribution in [0, 0.1) is 19.7 Å². The van der Waals surface area contributed by atoms with Gasteiger partial charge >= 0.3 is 0 Å². The number of benzene rings is 1. The third-order valence-electron chi connectivity index (χ3n) is 2.68. The molecule has 1 aromatic carbocycles. The van der Waals surface area contributed by atoms with Crippen LogP contribution in [0.4, 0.5) is 4.39 Å². The number of aryl methyl sites for hydroxylation is 2. The number of hydrogen-bond acceptors (Lipinski definition) is 3. The second kappa shape index (κ2) is 4.59. The topological polar surface area (TPSA) is 46.0 Å². The van der Waals surface area contributed by atoms with Gasteiger partial charge in [0.15, 0.2) is 0 Å². The first-order valence-electron chi connectivity index (χ1n) is 5.31.